The zero-order valence-electron chi connectivity index (χ0n) is 15.4. The second kappa shape index (κ2) is 8.31. The van der Waals surface area contributed by atoms with Crippen LogP contribution in [-0.4, -0.2) is 31.1 Å². The first-order valence-electron chi connectivity index (χ1n) is 8.16. The lowest BCUT2D eigenvalue weighted by Crippen LogP contribution is -2.15. The normalized spacial score (nSPS) is 11.7. The number of rotatable bonds is 8. The Labute approximate surface area is 173 Å². The second-order valence-electron chi connectivity index (χ2n) is 5.73. The van der Waals surface area contributed by atoms with E-state index in [4.69, 9.17) is 9.47 Å². The van der Waals surface area contributed by atoms with Gasteiger partial charge in [-0.2, -0.15) is 0 Å². The molecule has 29 heavy (non-hydrogen) atoms. The van der Waals surface area contributed by atoms with E-state index < -0.39 is 20.0 Å². The smallest absolute Gasteiger partial charge is 0.271 e. The molecule has 0 atom stereocenters. The molecule has 0 aliphatic rings. The minimum Gasteiger partial charge on any atom is -0.497 e. The summed E-state index contributed by atoms with van der Waals surface area (Å²) < 4.78 is 65.6. The standard InChI is InChI=1S/C18H18N2O6S3/c1-25-14-7-5-13(6-8-14)19-28(21,22)15-9-10-17(26-2)16(12-15)20-29(23,24)18-4-3-11-27-18/h3-12,19-20H,1-2H3. The summed E-state index contributed by atoms with van der Waals surface area (Å²) in [4.78, 5) is -0.127. The molecule has 0 radical (unpaired) electrons. The lowest BCUT2D eigenvalue weighted by molar-refractivity contribution is 0.415. The van der Waals surface area contributed by atoms with Crippen molar-refractivity contribution in [3.63, 3.8) is 0 Å². The van der Waals surface area contributed by atoms with Crippen LogP contribution in [-0.2, 0) is 20.0 Å². The Morgan fingerprint density at radius 1 is 0.828 bits per heavy atom. The van der Waals surface area contributed by atoms with Gasteiger partial charge in [-0.3, -0.25) is 9.44 Å². The van der Waals surface area contributed by atoms with Crippen LogP contribution in [0.1, 0.15) is 0 Å². The Hall–Kier alpha value is -2.76. The molecule has 1 heterocycles. The van der Waals surface area contributed by atoms with E-state index in [2.05, 4.69) is 9.44 Å². The van der Waals surface area contributed by atoms with E-state index in [1.807, 2.05) is 0 Å². The summed E-state index contributed by atoms with van der Waals surface area (Å²) in [5, 5.41) is 1.63. The molecule has 0 saturated heterocycles. The van der Waals surface area contributed by atoms with Gasteiger partial charge in [0.25, 0.3) is 20.0 Å². The highest BCUT2D eigenvalue weighted by atomic mass is 32.2. The van der Waals surface area contributed by atoms with Crippen molar-refractivity contribution >= 4 is 42.8 Å². The van der Waals surface area contributed by atoms with E-state index in [0.29, 0.717) is 11.4 Å². The summed E-state index contributed by atoms with van der Waals surface area (Å²) >= 11 is 1.04. The number of ether oxygens (including phenoxy) is 2. The fourth-order valence-corrected chi connectivity index (χ4v) is 5.56. The van der Waals surface area contributed by atoms with Gasteiger partial charge in [0.2, 0.25) is 0 Å². The summed E-state index contributed by atoms with van der Waals surface area (Å²) in [6, 6.07) is 13.3. The maximum Gasteiger partial charge on any atom is 0.271 e. The molecule has 2 N–H and O–H groups in total. The van der Waals surface area contributed by atoms with E-state index in [9.17, 15) is 16.8 Å². The molecule has 0 amide bonds. The third-order valence-electron chi connectivity index (χ3n) is 3.83. The van der Waals surface area contributed by atoms with Crippen LogP contribution in [0.3, 0.4) is 0 Å². The Morgan fingerprint density at radius 3 is 2.14 bits per heavy atom. The lowest BCUT2D eigenvalue weighted by Gasteiger charge is -2.14. The van der Waals surface area contributed by atoms with Gasteiger partial charge in [-0.25, -0.2) is 16.8 Å². The fraction of sp³-hybridized carbons (Fsp3) is 0.111. The maximum absolute atomic E-state index is 12.7. The van der Waals surface area contributed by atoms with Crippen LogP contribution < -0.4 is 18.9 Å². The quantitative estimate of drug-likeness (QED) is 0.540. The molecule has 0 saturated carbocycles. The molecule has 3 aromatic rings. The highest BCUT2D eigenvalue weighted by molar-refractivity contribution is 7.94. The number of methoxy groups -OCH3 is 2. The summed E-state index contributed by atoms with van der Waals surface area (Å²) in [5.74, 6) is 0.774. The number of thiophene rings is 1. The molecule has 0 bridgehead atoms. The molecule has 154 valence electrons. The molecule has 0 aliphatic carbocycles. The fourth-order valence-electron chi connectivity index (χ4n) is 2.42. The highest BCUT2D eigenvalue weighted by Gasteiger charge is 2.21. The topological polar surface area (TPSA) is 111 Å². The summed E-state index contributed by atoms with van der Waals surface area (Å²) in [6.45, 7) is 0. The second-order valence-corrected chi connectivity index (χ2v) is 10.3. The van der Waals surface area contributed by atoms with Crippen molar-refractivity contribution in [3.05, 3.63) is 60.0 Å². The molecular weight excluding hydrogens is 436 g/mol. The first-order valence-corrected chi connectivity index (χ1v) is 12.0. The Morgan fingerprint density at radius 2 is 1.55 bits per heavy atom. The van der Waals surface area contributed by atoms with Crippen molar-refractivity contribution in [1.29, 1.82) is 0 Å². The third kappa shape index (κ3) is 4.81. The molecule has 8 nitrogen and oxygen atoms in total. The molecule has 0 fully saturated rings. The predicted molar refractivity (Wildman–Crippen MR) is 112 cm³/mol. The van der Waals surface area contributed by atoms with Gasteiger partial charge in [-0.1, -0.05) is 6.07 Å². The van der Waals surface area contributed by atoms with E-state index in [-0.39, 0.29) is 20.5 Å². The average molecular weight is 455 g/mol. The van der Waals surface area contributed by atoms with Crippen LogP contribution in [0.5, 0.6) is 11.5 Å². The lowest BCUT2D eigenvalue weighted by atomic mass is 10.3. The van der Waals surface area contributed by atoms with Crippen molar-refractivity contribution in [2.75, 3.05) is 23.7 Å². The largest absolute Gasteiger partial charge is 0.497 e. The van der Waals surface area contributed by atoms with Gasteiger partial charge in [0.05, 0.1) is 24.8 Å². The van der Waals surface area contributed by atoms with Crippen LogP contribution in [0, 0.1) is 0 Å². The molecule has 0 unspecified atom stereocenters. The van der Waals surface area contributed by atoms with Crippen molar-refractivity contribution in [2.45, 2.75) is 9.10 Å². The number of anilines is 2. The van der Waals surface area contributed by atoms with E-state index >= 15 is 0 Å². The van der Waals surface area contributed by atoms with Gasteiger partial charge in [0, 0.05) is 5.69 Å². The van der Waals surface area contributed by atoms with Crippen LogP contribution in [0.4, 0.5) is 11.4 Å². The molecule has 1 aromatic heterocycles. The van der Waals surface area contributed by atoms with Crippen molar-refractivity contribution in [1.82, 2.24) is 0 Å². The van der Waals surface area contributed by atoms with E-state index in [1.165, 1.54) is 38.5 Å². The highest BCUT2D eigenvalue weighted by Crippen LogP contribution is 2.31. The zero-order valence-corrected chi connectivity index (χ0v) is 17.9. The minimum atomic E-state index is -3.97. The Bertz CT molecular complexity index is 1190. The van der Waals surface area contributed by atoms with Crippen molar-refractivity contribution in [2.24, 2.45) is 0 Å². The summed E-state index contributed by atoms with van der Waals surface area (Å²) in [6.07, 6.45) is 0. The molecular formula is C18H18N2O6S3. The van der Waals surface area contributed by atoms with E-state index in [1.54, 1.807) is 35.7 Å². The van der Waals surface area contributed by atoms with Gasteiger partial charge in [-0.15, -0.1) is 11.3 Å². The number of hydrogen-bond donors (Lipinski definition) is 2. The molecule has 3 rings (SSSR count). The van der Waals surface area contributed by atoms with Crippen LogP contribution >= 0.6 is 11.3 Å². The maximum atomic E-state index is 12.7. The zero-order chi connectivity index (χ0) is 21.1. The van der Waals surface area contributed by atoms with Crippen LogP contribution in [0.2, 0.25) is 0 Å². The van der Waals surface area contributed by atoms with Crippen molar-refractivity contribution in [3.8, 4) is 11.5 Å². The van der Waals surface area contributed by atoms with Crippen molar-refractivity contribution < 1.29 is 26.3 Å². The molecule has 0 aliphatic heterocycles. The molecule has 11 heteroatoms. The SMILES string of the molecule is COc1ccc(NS(=O)(=O)c2ccc(OC)c(NS(=O)(=O)c3cccs3)c2)cc1. The van der Waals surface area contributed by atoms with Gasteiger partial charge in [0.15, 0.2) is 0 Å². The van der Waals surface area contributed by atoms with Crippen LogP contribution in [0.15, 0.2) is 69.1 Å². The summed E-state index contributed by atoms with van der Waals surface area (Å²) in [7, 11) is -4.97. The monoisotopic (exact) mass is 454 g/mol. The van der Waals surface area contributed by atoms with Gasteiger partial charge in [0.1, 0.15) is 15.7 Å². The predicted octanol–water partition coefficient (Wildman–Crippen LogP) is 3.37. The first-order chi connectivity index (χ1) is 13.7. The number of sulfonamides is 2. The third-order valence-corrected chi connectivity index (χ3v) is 7.97. The van der Waals surface area contributed by atoms with Gasteiger partial charge in [-0.05, 0) is 53.9 Å². The van der Waals surface area contributed by atoms with Gasteiger partial charge >= 0.3 is 0 Å². The average Bonchev–Trinajstić information content (AvgIpc) is 3.24. The van der Waals surface area contributed by atoms with E-state index in [0.717, 1.165) is 11.3 Å². The molecule has 2 aromatic carbocycles. The molecule has 0 spiro atoms. The number of nitrogens with one attached hydrogen (secondary N) is 2. The number of benzene rings is 2. The minimum absolute atomic E-state index is 0.0125. The summed E-state index contributed by atoms with van der Waals surface area (Å²) in [5.41, 5.74) is 0.348. The number of hydrogen-bond acceptors (Lipinski definition) is 7. The Balaban J connectivity index is 1.92. The van der Waals surface area contributed by atoms with Crippen LogP contribution in [0.25, 0.3) is 0 Å². The van der Waals surface area contributed by atoms with Gasteiger partial charge < -0.3 is 9.47 Å². The Kier molecular flexibility index (Phi) is 6.01. The first kappa shape index (κ1) is 21.0.